The highest BCUT2D eigenvalue weighted by atomic mass is 32.2. The van der Waals surface area contributed by atoms with Gasteiger partial charge in [-0.1, -0.05) is 54.9 Å². The van der Waals surface area contributed by atoms with Crippen LogP contribution in [0.5, 0.6) is 0 Å². The summed E-state index contributed by atoms with van der Waals surface area (Å²) in [7, 11) is 1.99. The summed E-state index contributed by atoms with van der Waals surface area (Å²) in [6.45, 7) is 3.14. The van der Waals surface area contributed by atoms with Crippen LogP contribution in [-0.2, 0) is 25.5 Å². The van der Waals surface area contributed by atoms with Crippen molar-refractivity contribution in [3.63, 3.8) is 0 Å². The van der Waals surface area contributed by atoms with Gasteiger partial charge in [0.25, 0.3) is 0 Å². The number of amides is 1. The minimum atomic E-state index is -0.685. The van der Waals surface area contributed by atoms with Gasteiger partial charge in [-0.15, -0.1) is 0 Å². The summed E-state index contributed by atoms with van der Waals surface area (Å²) < 4.78 is 11.3. The number of fused-ring (bicyclic) bond motifs is 1. The highest BCUT2D eigenvalue weighted by Gasteiger charge is 2.40. The summed E-state index contributed by atoms with van der Waals surface area (Å²) in [4.78, 5) is 30.4. The molecule has 2 aliphatic rings. The lowest BCUT2D eigenvalue weighted by Gasteiger charge is -2.29. The topological polar surface area (TPSA) is 89.0 Å². The summed E-state index contributed by atoms with van der Waals surface area (Å²) in [5, 5.41) is 6.92. The van der Waals surface area contributed by atoms with Crippen molar-refractivity contribution in [1.82, 2.24) is 10.6 Å². The number of hydrogen-bond acceptors (Lipinski definition) is 7. The van der Waals surface area contributed by atoms with Crippen LogP contribution in [0.1, 0.15) is 57.4 Å². The van der Waals surface area contributed by atoms with Crippen molar-refractivity contribution in [1.29, 1.82) is 0 Å². The molecule has 1 fully saturated rings. The molecule has 0 radical (unpaired) electrons. The SMILES string of the molecule is CCOC(=O)[C@H](Cc1ccccc1)NC(=O)C1CCC2OC(SCCCCCCNC)=NC2C1. The van der Waals surface area contributed by atoms with Crippen molar-refractivity contribution in [2.75, 3.05) is 26.0 Å². The number of aliphatic imine (C=N–C) groups is 1. The molecular formula is C26H39N3O4S. The van der Waals surface area contributed by atoms with Gasteiger partial charge in [-0.2, -0.15) is 0 Å². The molecule has 1 heterocycles. The zero-order valence-electron chi connectivity index (χ0n) is 20.5. The predicted molar refractivity (Wildman–Crippen MR) is 137 cm³/mol. The number of esters is 1. The molecule has 3 rings (SSSR count). The van der Waals surface area contributed by atoms with Crippen molar-refractivity contribution in [2.24, 2.45) is 10.9 Å². The first-order chi connectivity index (χ1) is 16.6. The monoisotopic (exact) mass is 489 g/mol. The van der Waals surface area contributed by atoms with Crippen LogP contribution in [0.4, 0.5) is 0 Å². The van der Waals surface area contributed by atoms with Gasteiger partial charge in [0.05, 0.1) is 12.6 Å². The molecule has 1 aliphatic carbocycles. The lowest BCUT2D eigenvalue weighted by atomic mass is 9.83. The molecule has 1 aliphatic heterocycles. The lowest BCUT2D eigenvalue weighted by molar-refractivity contribution is -0.148. The first-order valence-corrected chi connectivity index (χ1v) is 13.6. The minimum Gasteiger partial charge on any atom is -0.467 e. The van der Waals surface area contributed by atoms with E-state index in [4.69, 9.17) is 14.5 Å². The molecule has 7 nitrogen and oxygen atoms in total. The Morgan fingerprint density at radius 2 is 1.97 bits per heavy atom. The van der Waals surface area contributed by atoms with Gasteiger partial charge in [0.2, 0.25) is 11.1 Å². The number of nitrogens with one attached hydrogen (secondary N) is 2. The van der Waals surface area contributed by atoms with Gasteiger partial charge < -0.3 is 20.1 Å². The fourth-order valence-electron chi connectivity index (χ4n) is 4.49. The number of carbonyl (C=O) groups is 2. The van der Waals surface area contributed by atoms with Crippen LogP contribution >= 0.6 is 11.8 Å². The van der Waals surface area contributed by atoms with Crippen LogP contribution in [0.2, 0.25) is 0 Å². The quantitative estimate of drug-likeness (QED) is 0.324. The number of rotatable bonds is 13. The number of ether oxygens (including phenoxy) is 2. The van der Waals surface area contributed by atoms with Gasteiger partial charge >= 0.3 is 5.97 Å². The van der Waals surface area contributed by atoms with Gasteiger partial charge in [0.1, 0.15) is 12.1 Å². The zero-order chi connectivity index (χ0) is 24.2. The fraction of sp³-hybridized carbons (Fsp3) is 0.654. The standard InChI is InChI=1S/C26H39N3O4S/c1-3-32-25(31)22(17-19-11-7-6-8-12-19)28-24(30)20-13-14-23-21(18-20)29-26(33-23)34-16-10-5-4-9-15-27-2/h6-8,11-12,20-23,27H,3-5,9-10,13-18H2,1-2H3,(H,28,30)/t20?,21?,22-,23?/m0/s1. The Morgan fingerprint density at radius 1 is 1.18 bits per heavy atom. The van der Waals surface area contributed by atoms with E-state index in [1.807, 2.05) is 37.4 Å². The molecule has 34 heavy (non-hydrogen) atoms. The second-order valence-electron chi connectivity index (χ2n) is 9.00. The first kappa shape index (κ1) is 26.5. The third-order valence-corrected chi connectivity index (χ3v) is 7.31. The summed E-state index contributed by atoms with van der Waals surface area (Å²) in [5.41, 5.74) is 0.988. The number of benzene rings is 1. The molecule has 0 aromatic heterocycles. The van der Waals surface area contributed by atoms with Gasteiger partial charge in [-0.3, -0.25) is 4.79 Å². The molecule has 0 spiro atoms. The Labute approximate surface area is 207 Å². The second-order valence-corrected chi connectivity index (χ2v) is 10.0. The maximum absolute atomic E-state index is 13.1. The molecule has 1 saturated carbocycles. The molecule has 1 aromatic rings. The van der Waals surface area contributed by atoms with Crippen LogP contribution in [0.3, 0.4) is 0 Å². The molecule has 0 bridgehead atoms. The Morgan fingerprint density at radius 3 is 2.74 bits per heavy atom. The second kappa shape index (κ2) is 14.4. The smallest absolute Gasteiger partial charge is 0.328 e. The Hall–Kier alpha value is -2.06. The van der Waals surface area contributed by atoms with Crippen LogP contribution in [0.25, 0.3) is 0 Å². The molecule has 4 atom stereocenters. The molecule has 2 N–H and O–H groups in total. The largest absolute Gasteiger partial charge is 0.467 e. The van der Waals surface area contributed by atoms with Gasteiger partial charge in [0.15, 0.2) is 0 Å². The van der Waals surface area contributed by atoms with E-state index in [9.17, 15) is 9.59 Å². The van der Waals surface area contributed by atoms with Crippen molar-refractivity contribution in [3.05, 3.63) is 35.9 Å². The van der Waals surface area contributed by atoms with E-state index in [-0.39, 0.29) is 36.5 Å². The molecule has 188 valence electrons. The van der Waals surface area contributed by atoms with Gasteiger partial charge in [0, 0.05) is 18.1 Å². The van der Waals surface area contributed by atoms with Crippen molar-refractivity contribution < 1.29 is 19.1 Å². The Balaban J connectivity index is 1.47. The maximum Gasteiger partial charge on any atom is 0.328 e. The van der Waals surface area contributed by atoms with Crippen LogP contribution in [-0.4, -0.2) is 61.2 Å². The van der Waals surface area contributed by atoms with Crippen LogP contribution in [0.15, 0.2) is 35.3 Å². The van der Waals surface area contributed by atoms with E-state index < -0.39 is 6.04 Å². The number of carbonyl (C=O) groups excluding carboxylic acids is 2. The first-order valence-electron chi connectivity index (χ1n) is 12.6. The highest BCUT2D eigenvalue weighted by molar-refractivity contribution is 8.13. The number of unbranched alkanes of at least 4 members (excludes halogenated alkanes) is 3. The molecule has 3 unspecified atom stereocenters. The van der Waals surface area contributed by atoms with Crippen LogP contribution in [0, 0.1) is 5.92 Å². The zero-order valence-corrected chi connectivity index (χ0v) is 21.3. The van der Waals surface area contributed by atoms with E-state index in [1.54, 1.807) is 18.7 Å². The number of thioether (sulfide) groups is 1. The molecule has 1 amide bonds. The van der Waals surface area contributed by atoms with E-state index in [0.717, 1.165) is 42.4 Å². The van der Waals surface area contributed by atoms with Crippen molar-refractivity contribution in [2.45, 2.75) is 76.5 Å². The summed E-state index contributed by atoms with van der Waals surface area (Å²) in [5.74, 6) is 0.367. The number of hydrogen-bond donors (Lipinski definition) is 2. The third-order valence-electron chi connectivity index (χ3n) is 6.37. The van der Waals surface area contributed by atoms with E-state index in [2.05, 4.69) is 10.6 Å². The highest BCUT2D eigenvalue weighted by Crippen LogP contribution is 2.34. The van der Waals surface area contributed by atoms with Crippen molar-refractivity contribution >= 4 is 28.9 Å². The fourth-order valence-corrected chi connectivity index (χ4v) is 5.41. The van der Waals surface area contributed by atoms with Gasteiger partial charge in [-0.25, -0.2) is 9.79 Å². The van der Waals surface area contributed by atoms with E-state index in [0.29, 0.717) is 12.8 Å². The van der Waals surface area contributed by atoms with E-state index in [1.165, 1.54) is 19.3 Å². The number of nitrogens with zero attached hydrogens (tertiary/aromatic N) is 1. The summed E-state index contributed by atoms with van der Waals surface area (Å²) in [6, 6.07) is 9.04. The summed E-state index contributed by atoms with van der Waals surface area (Å²) in [6.07, 6.45) is 7.55. The minimum absolute atomic E-state index is 0.0257. The van der Waals surface area contributed by atoms with E-state index >= 15 is 0 Å². The maximum atomic E-state index is 13.1. The summed E-state index contributed by atoms with van der Waals surface area (Å²) >= 11 is 1.70. The average Bonchev–Trinajstić information content (AvgIpc) is 3.26. The lowest BCUT2D eigenvalue weighted by Crippen LogP contribution is -2.47. The predicted octanol–water partition coefficient (Wildman–Crippen LogP) is 3.71. The molecular weight excluding hydrogens is 450 g/mol. The molecule has 8 heteroatoms. The Kier molecular flexibility index (Phi) is 11.2. The average molecular weight is 490 g/mol. The van der Waals surface area contributed by atoms with Crippen molar-refractivity contribution in [3.8, 4) is 0 Å². The molecule has 1 aromatic carbocycles. The third kappa shape index (κ3) is 8.31. The Bertz CT molecular complexity index is 804. The normalized spacial score (nSPS) is 22.3. The molecule has 0 saturated heterocycles. The van der Waals surface area contributed by atoms with Crippen LogP contribution < -0.4 is 10.6 Å². The van der Waals surface area contributed by atoms with Gasteiger partial charge in [-0.05, 0) is 58.2 Å².